The molecule has 14 heavy (non-hydrogen) atoms. The Labute approximate surface area is 82.6 Å². The van der Waals surface area contributed by atoms with Crippen molar-refractivity contribution >= 4 is 17.3 Å². The van der Waals surface area contributed by atoms with Crippen LogP contribution >= 0.6 is 11.6 Å². The second kappa shape index (κ2) is 3.91. The standard InChI is InChI=1S/C7H6ClF3N2O/c8-4-1-5(12)6(13-2-4)14-3-7(9,10)11/h1-2H,3,12H2. The molecule has 7 heteroatoms. The van der Waals surface area contributed by atoms with E-state index < -0.39 is 12.8 Å². The minimum atomic E-state index is -4.41. The number of halogens is 4. The van der Waals surface area contributed by atoms with E-state index in [1.807, 2.05) is 0 Å². The smallest absolute Gasteiger partial charge is 0.422 e. The minimum Gasteiger partial charge on any atom is -0.467 e. The zero-order chi connectivity index (χ0) is 10.8. The fourth-order valence-electron chi connectivity index (χ4n) is 0.713. The first-order valence-corrected chi connectivity index (χ1v) is 3.87. The van der Waals surface area contributed by atoms with Gasteiger partial charge >= 0.3 is 6.18 Å². The molecule has 0 aromatic carbocycles. The van der Waals surface area contributed by atoms with Gasteiger partial charge in [0.2, 0.25) is 5.88 Å². The van der Waals surface area contributed by atoms with Crippen molar-refractivity contribution in [3.05, 3.63) is 17.3 Å². The van der Waals surface area contributed by atoms with Crippen molar-refractivity contribution < 1.29 is 17.9 Å². The van der Waals surface area contributed by atoms with Crippen LogP contribution in [0.5, 0.6) is 5.88 Å². The zero-order valence-corrected chi connectivity index (χ0v) is 7.56. The third kappa shape index (κ3) is 3.29. The van der Waals surface area contributed by atoms with Crippen molar-refractivity contribution in [1.29, 1.82) is 0 Å². The summed E-state index contributed by atoms with van der Waals surface area (Å²) in [5.41, 5.74) is 5.29. The highest BCUT2D eigenvalue weighted by molar-refractivity contribution is 6.30. The highest BCUT2D eigenvalue weighted by Crippen LogP contribution is 2.23. The maximum absolute atomic E-state index is 11.7. The van der Waals surface area contributed by atoms with E-state index in [4.69, 9.17) is 17.3 Å². The first kappa shape index (κ1) is 10.9. The SMILES string of the molecule is Nc1cc(Cl)cnc1OCC(F)(F)F. The Kier molecular flexibility index (Phi) is 3.05. The lowest BCUT2D eigenvalue weighted by molar-refractivity contribution is -0.153. The van der Waals surface area contributed by atoms with E-state index in [2.05, 4.69) is 9.72 Å². The molecule has 78 valence electrons. The van der Waals surface area contributed by atoms with Crippen LogP contribution in [-0.4, -0.2) is 17.8 Å². The molecular formula is C7H6ClF3N2O. The van der Waals surface area contributed by atoms with Crippen LogP contribution in [0.4, 0.5) is 18.9 Å². The van der Waals surface area contributed by atoms with Crippen LogP contribution in [-0.2, 0) is 0 Å². The molecule has 0 saturated heterocycles. The van der Waals surface area contributed by atoms with E-state index in [1.165, 1.54) is 6.07 Å². The summed E-state index contributed by atoms with van der Waals surface area (Å²) in [4.78, 5) is 3.50. The van der Waals surface area contributed by atoms with Crippen molar-refractivity contribution in [3.8, 4) is 5.88 Å². The van der Waals surface area contributed by atoms with Gasteiger partial charge in [-0.25, -0.2) is 4.98 Å². The fraction of sp³-hybridized carbons (Fsp3) is 0.286. The Hall–Kier alpha value is -1.17. The molecule has 0 radical (unpaired) electrons. The van der Waals surface area contributed by atoms with Gasteiger partial charge in [-0.2, -0.15) is 13.2 Å². The highest BCUT2D eigenvalue weighted by atomic mass is 35.5. The number of hydrogen-bond donors (Lipinski definition) is 1. The lowest BCUT2D eigenvalue weighted by Gasteiger charge is -2.09. The summed E-state index contributed by atoms with van der Waals surface area (Å²) < 4.78 is 39.5. The summed E-state index contributed by atoms with van der Waals surface area (Å²) in [5, 5.41) is 0.238. The van der Waals surface area contributed by atoms with E-state index in [0.29, 0.717) is 0 Å². The van der Waals surface area contributed by atoms with Gasteiger partial charge in [-0.05, 0) is 6.07 Å². The lowest BCUT2D eigenvalue weighted by atomic mass is 10.4. The number of nitrogen functional groups attached to an aromatic ring is 1. The van der Waals surface area contributed by atoms with Crippen LogP contribution in [0, 0.1) is 0 Å². The van der Waals surface area contributed by atoms with Gasteiger partial charge in [0.1, 0.15) is 0 Å². The van der Waals surface area contributed by atoms with E-state index in [0.717, 1.165) is 6.20 Å². The summed E-state index contributed by atoms with van der Waals surface area (Å²) >= 11 is 5.49. The molecule has 0 spiro atoms. The molecule has 0 bridgehead atoms. The van der Waals surface area contributed by atoms with Crippen molar-refractivity contribution in [3.63, 3.8) is 0 Å². The van der Waals surface area contributed by atoms with Gasteiger partial charge in [0, 0.05) is 6.20 Å². The number of ether oxygens (including phenoxy) is 1. The van der Waals surface area contributed by atoms with E-state index in [9.17, 15) is 13.2 Å². The summed E-state index contributed by atoms with van der Waals surface area (Å²) in [5.74, 6) is -0.272. The Bertz CT molecular complexity index is 329. The molecule has 0 fully saturated rings. The molecule has 2 N–H and O–H groups in total. The molecule has 0 amide bonds. The van der Waals surface area contributed by atoms with Crippen LogP contribution < -0.4 is 10.5 Å². The second-order valence-corrected chi connectivity index (χ2v) is 2.89. The molecule has 0 unspecified atom stereocenters. The second-order valence-electron chi connectivity index (χ2n) is 2.45. The van der Waals surface area contributed by atoms with Gasteiger partial charge in [-0.3, -0.25) is 0 Å². The average Bonchev–Trinajstić information content (AvgIpc) is 2.00. The van der Waals surface area contributed by atoms with Crippen LogP contribution in [0.1, 0.15) is 0 Å². The summed E-state index contributed by atoms with van der Waals surface area (Å²) in [6.07, 6.45) is -3.25. The molecule has 0 aliphatic heterocycles. The van der Waals surface area contributed by atoms with Crippen molar-refractivity contribution in [1.82, 2.24) is 4.98 Å². The van der Waals surface area contributed by atoms with Crippen LogP contribution in [0.15, 0.2) is 12.3 Å². The Morgan fingerprint density at radius 2 is 2.14 bits per heavy atom. The van der Waals surface area contributed by atoms with Crippen molar-refractivity contribution in [2.75, 3.05) is 12.3 Å². The maximum atomic E-state index is 11.7. The van der Waals surface area contributed by atoms with E-state index >= 15 is 0 Å². The zero-order valence-electron chi connectivity index (χ0n) is 6.81. The molecule has 0 atom stereocenters. The van der Waals surface area contributed by atoms with Gasteiger partial charge in [0.15, 0.2) is 6.61 Å². The monoisotopic (exact) mass is 226 g/mol. The molecule has 1 heterocycles. The Morgan fingerprint density at radius 1 is 1.50 bits per heavy atom. The number of rotatable bonds is 2. The first-order valence-electron chi connectivity index (χ1n) is 3.49. The normalized spacial score (nSPS) is 11.4. The number of nitrogens with two attached hydrogens (primary N) is 1. The fourth-order valence-corrected chi connectivity index (χ4v) is 0.880. The summed E-state index contributed by atoms with van der Waals surface area (Å²) in [7, 11) is 0. The van der Waals surface area contributed by atoms with Gasteiger partial charge in [0.05, 0.1) is 10.7 Å². The third-order valence-electron chi connectivity index (χ3n) is 1.22. The van der Waals surface area contributed by atoms with Crippen molar-refractivity contribution in [2.24, 2.45) is 0 Å². The molecule has 0 saturated carbocycles. The maximum Gasteiger partial charge on any atom is 0.422 e. The number of nitrogens with zero attached hydrogens (tertiary/aromatic N) is 1. The third-order valence-corrected chi connectivity index (χ3v) is 1.42. The van der Waals surface area contributed by atoms with Gasteiger partial charge in [-0.1, -0.05) is 11.6 Å². The molecule has 0 aliphatic carbocycles. The number of pyridine rings is 1. The molecule has 3 nitrogen and oxygen atoms in total. The van der Waals surface area contributed by atoms with Gasteiger partial charge in [-0.15, -0.1) is 0 Å². The number of anilines is 1. The Balaban J connectivity index is 2.68. The predicted octanol–water partition coefficient (Wildman–Crippen LogP) is 2.26. The van der Waals surface area contributed by atoms with E-state index in [-0.39, 0.29) is 16.6 Å². The largest absolute Gasteiger partial charge is 0.467 e. The summed E-state index contributed by atoms with van der Waals surface area (Å²) in [6.45, 7) is -1.42. The van der Waals surface area contributed by atoms with E-state index in [1.54, 1.807) is 0 Å². The predicted molar refractivity (Wildman–Crippen MR) is 45.2 cm³/mol. The molecular weight excluding hydrogens is 221 g/mol. The first-order chi connectivity index (χ1) is 6.38. The number of alkyl halides is 3. The Morgan fingerprint density at radius 3 is 2.64 bits per heavy atom. The molecule has 1 rings (SSSR count). The number of aromatic nitrogens is 1. The quantitative estimate of drug-likeness (QED) is 0.842. The summed E-state index contributed by atoms with van der Waals surface area (Å²) in [6, 6.07) is 1.26. The molecule has 1 aromatic heterocycles. The van der Waals surface area contributed by atoms with Crippen LogP contribution in [0.25, 0.3) is 0 Å². The van der Waals surface area contributed by atoms with Crippen LogP contribution in [0.3, 0.4) is 0 Å². The molecule has 1 aromatic rings. The molecule has 0 aliphatic rings. The lowest BCUT2D eigenvalue weighted by Crippen LogP contribution is -2.20. The minimum absolute atomic E-state index is 0.0262. The van der Waals surface area contributed by atoms with Gasteiger partial charge < -0.3 is 10.5 Å². The van der Waals surface area contributed by atoms with Crippen molar-refractivity contribution in [2.45, 2.75) is 6.18 Å². The van der Waals surface area contributed by atoms with Crippen LogP contribution in [0.2, 0.25) is 5.02 Å². The average molecular weight is 227 g/mol. The van der Waals surface area contributed by atoms with Gasteiger partial charge in [0.25, 0.3) is 0 Å². The number of hydrogen-bond acceptors (Lipinski definition) is 3. The topological polar surface area (TPSA) is 48.1 Å². The highest BCUT2D eigenvalue weighted by Gasteiger charge is 2.29.